The molecule has 0 saturated carbocycles. The van der Waals surface area contributed by atoms with Gasteiger partial charge >= 0.3 is 6.01 Å². The fourth-order valence-corrected chi connectivity index (χ4v) is 2.82. The molecule has 4 rings (SSSR count). The lowest BCUT2D eigenvalue weighted by Gasteiger charge is -1.82. The summed E-state index contributed by atoms with van der Waals surface area (Å²) in [4.78, 5) is 12.8. The number of nitrogens with one attached hydrogen (secondary N) is 1. The molecule has 0 bridgehead atoms. The lowest BCUT2D eigenvalue weighted by Crippen LogP contribution is -1.94. The number of rotatable bonds is 1. The molecule has 2 heterocycles. The molecular weight excluding hydrogens is 258 g/mol. The summed E-state index contributed by atoms with van der Waals surface area (Å²) in [6.07, 6.45) is 0. The zero-order valence-corrected chi connectivity index (χ0v) is 10.6. The molecule has 19 heavy (non-hydrogen) atoms. The minimum atomic E-state index is 0.379. The van der Waals surface area contributed by atoms with Crippen molar-refractivity contribution >= 4 is 38.7 Å². The molecule has 92 valence electrons. The predicted molar refractivity (Wildman–Crippen MR) is 75.4 cm³/mol. The van der Waals surface area contributed by atoms with Gasteiger partial charge < -0.3 is 9.40 Å². The molecule has 5 heteroatoms. The van der Waals surface area contributed by atoms with Crippen LogP contribution in [0.2, 0.25) is 0 Å². The van der Waals surface area contributed by atoms with Crippen molar-refractivity contribution in [3.05, 3.63) is 53.3 Å². The average Bonchev–Trinajstić information content (AvgIpc) is 3.00. The maximum absolute atomic E-state index is 5.58. The van der Waals surface area contributed by atoms with Crippen LogP contribution in [0.3, 0.4) is 0 Å². The van der Waals surface area contributed by atoms with Crippen LogP contribution in [0.5, 0.6) is 0 Å². The van der Waals surface area contributed by atoms with Gasteiger partial charge in [0, 0.05) is 0 Å². The van der Waals surface area contributed by atoms with E-state index in [0.717, 1.165) is 26.1 Å². The minimum absolute atomic E-state index is 0.379. The van der Waals surface area contributed by atoms with E-state index in [2.05, 4.69) is 21.0 Å². The quantitative estimate of drug-likeness (QED) is 0.573. The van der Waals surface area contributed by atoms with Crippen LogP contribution >= 0.6 is 11.3 Å². The third kappa shape index (κ3) is 1.84. The third-order valence-electron chi connectivity index (χ3n) is 2.82. The molecule has 0 aliphatic rings. The van der Waals surface area contributed by atoms with Gasteiger partial charge in [-0.3, -0.25) is 0 Å². The minimum Gasteiger partial charge on any atom is -0.422 e. The van der Waals surface area contributed by atoms with Crippen molar-refractivity contribution in [2.75, 3.05) is 0 Å². The first kappa shape index (κ1) is 10.5. The molecule has 4 aromatic rings. The highest BCUT2D eigenvalue weighted by molar-refractivity contribution is 7.16. The monoisotopic (exact) mass is 267 g/mol. The van der Waals surface area contributed by atoms with Gasteiger partial charge in [-0.15, -0.1) is 0 Å². The smallest absolute Gasteiger partial charge is 0.325 e. The van der Waals surface area contributed by atoms with Crippen LogP contribution in [0, 0.1) is 0 Å². The highest BCUT2D eigenvalue weighted by Crippen LogP contribution is 2.20. The molecule has 0 saturated heterocycles. The maximum Gasteiger partial charge on any atom is 0.325 e. The number of nitrogens with zero attached hydrogens (tertiary/aromatic N) is 2. The van der Waals surface area contributed by atoms with Gasteiger partial charge in [-0.1, -0.05) is 35.6 Å². The Morgan fingerprint density at radius 2 is 1.89 bits per heavy atom. The van der Waals surface area contributed by atoms with E-state index in [1.165, 1.54) is 0 Å². The maximum atomic E-state index is 5.58. The van der Waals surface area contributed by atoms with Crippen molar-refractivity contribution in [3.63, 3.8) is 0 Å². The van der Waals surface area contributed by atoms with Gasteiger partial charge in [0.25, 0.3) is 0 Å². The number of benzene rings is 2. The average molecular weight is 267 g/mol. The first-order valence-corrected chi connectivity index (χ1v) is 6.68. The molecule has 2 aromatic carbocycles. The van der Waals surface area contributed by atoms with Crippen molar-refractivity contribution in [1.29, 1.82) is 0 Å². The van der Waals surface area contributed by atoms with Crippen LogP contribution in [0.25, 0.3) is 21.3 Å². The fourth-order valence-electron chi connectivity index (χ4n) is 1.95. The summed E-state index contributed by atoms with van der Waals surface area (Å²) in [7, 11) is 0. The number of fused-ring (bicyclic) bond motifs is 2. The summed E-state index contributed by atoms with van der Waals surface area (Å²) in [6.45, 7) is 0. The van der Waals surface area contributed by atoms with E-state index < -0.39 is 0 Å². The van der Waals surface area contributed by atoms with E-state index in [9.17, 15) is 0 Å². The Kier molecular flexibility index (Phi) is 2.25. The lowest BCUT2D eigenvalue weighted by molar-refractivity contribution is 0.610. The molecule has 1 N–H and O–H groups in total. The lowest BCUT2D eigenvalue weighted by atomic mass is 10.3. The molecule has 2 aromatic heterocycles. The number of para-hydroxylation sites is 3. The first-order valence-electron chi connectivity index (χ1n) is 5.87. The molecular formula is C14H9N3OS. The Morgan fingerprint density at radius 3 is 2.79 bits per heavy atom. The summed E-state index contributed by atoms with van der Waals surface area (Å²) in [5.41, 5.74) is 2.65. The van der Waals surface area contributed by atoms with E-state index >= 15 is 0 Å². The largest absolute Gasteiger partial charge is 0.422 e. The van der Waals surface area contributed by atoms with Gasteiger partial charge in [-0.05, 0) is 24.3 Å². The Labute approximate surface area is 112 Å². The summed E-state index contributed by atoms with van der Waals surface area (Å²) >= 11 is 1.58. The standard InChI is InChI=1S/C14H9N3OS/c1-3-7-11-9(5-1)15-13(18-11)17-14-16-10-6-2-4-8-12(10)19-14/h1-8H,(H,15,16,17). The van der Waals surface area contributed by atoms with Crippen LogP contribution in [0.4, 0.5) is 6.01 Å². The third-order valence-corrected chi connectivity index (χ3v) is 3.78. The van der Waals surface area contributed by atoms with Crippen LogP contribution in [0.1, 0.15) is 0 Å². The van der Waals surface area contributed by atoms with Crippen molar-refractivity contribution in [2.24, 2.45) is 4.99 Å². The van der Waals surface area contributed by atoms with Crippen molar-refractivity contribution in [1.82, 2.24) is 9.97 Å². The molecule has 0 amide bonds. The molecule has 0 radical (unpaired) electrons. The van der Waals surface area contributed by atoms with E-state index in [4.69, 9.17) is 4.42 Å². The predicted octanol–water partition coefficient (Wildman–Crippen LogP) is 3.60. The van der Waals surface area contributed by atoms with Crippen molar-refractivity contribution < 1.29 is 4.42 Å². The van der Waals surface area contributed by atoms with Gasteiger partial charge in [0.05, 0.1) is 10.2 Å². The molecule has 0 fully saturated rings. The summed E-state index contributed by atoms with van der Waals surface area (Å²) in [5, 5.41) is 0. The van der Waals surface area contributed by atoms with Crippen molar-refractivity contribution in [2.45, 2.75) is 0 Å². The number of aromatic nitrogens is 2. The molecule has 0 aliphatic heterocycles. The zero-order valence-electron chi connectivity index (χ0n) is 9.83. The number of aromatic amines is 1. The molecule has 0 spiro atoms. The second-order valence-electron chi connectivity index (χ2n) is 4.10. The number of hydrogen-bond donors (Lipinski definition) is 1. The Balaban J connectivity index is 1.89. The summed E-state index contributed by atoms with van der Waals surface area (Å²) < 4.78 is 6.74. The van der Waals surface area contributed by atoms with Gasteiger partial charge in [-0.25, -0.2) is 0 Å². The highest BCUT2D eigenvalue weighted by atomic mass is 32.1. The number of oxazole rings is 1. The van der Waals surface area contributed by atoms with Crippen LogP contribution < -0.4 is 4.80 Å². The SMILES string of the molecule is c1ccc2oc(N=c3[nH]c4ccccc4s3)nc2c1. The number of thiazole rings is 1. The molecule has 0 unspecified atom stereocenters. The molecule has 0 atom stereocenters. The second-order valence-corrected chi connectivity index (χ2v) is 5.13. The zero-order chi connectivity index (χ0) is 12.7. The Bertz CT molecular complexity index is 863. The molecule has 4 nitrogen and oxygen atoms in total. The van der Waals surface area contributed by atoms with E-state index in [-0.39, 0.29) is 0 Å². The van der Waals surface area contributed by atoms with Gasteiger partial charge in [0.15, 0.2) is 10.4 Å². The van der Waals surface area contributed by atoms with Crippen LogP contribution in [-0.2, 0) is 0 Å². The van der Waals surface area contributed by atoms with E-state index in [1.807, 2.05) is 42.5 Å². The summed E-state index contributed by atoms with van der Waals surface area (Å²) in [5.74, 6) is 0. The Morgan fingerprint density at radius 1 is 1.05 bits per heavy atom. The van der Waals surface area contributed by atoms with Gasteiger partial charge in [-0.2, -0.15) is 9.98 Å². The second kappa shape index (κ2) is 4.07. The van der Waals surface area contributed by atoms with Gasteiger partial charge in [0.2, 0.25) is 0 Å². The normalized spacial score (nSPS) is 12.5. The first-order chi connectivity index (χ1) is 9.38. The Hall–Kier alpha value is -2.40. The number of H-pyrrole nitrogens is 1. The topological polar surface area (TPSA) is 54.2 Å². The van der Waals surface area contributed by atoms with Gasteiger partial charge in [0.1, 0.15) is 5.52 Å². The summed E-state index contributed by atoms with van der Waals surface area (Å²) in [6, 6.07) is 16.1. The van der Waals surface area contributed by atoms with E-state index in [1.54, 1.807) is 11.3 Å². The fraction of sp³-hybridized carbons (Fsp3) is 0. The highest BCUT2D eigenvalue weighted by Gasteiger charge is 2.03. The number of hydrogen-bond acceptors (Lipinski definition) is 4. The van der Waals surface area contributed by atoms with Crippen LogP contribution in [0.15, 0.2) is 57.9 Å². The molecule has 0 aliphatic carbocycles. The van der Waals surface area contributed by atoms with Crippen molar-refractivity contribution in [3.8, 4) is 0 Å². The van der Waals surface area contributed by atoms with Crippen LogP contribution in [-0.4, -0.2) is 9.97 Å². The van der Waals surface area contributed by atoms with E-state index in [0.29, 0.717) is 6.01 Å².